The lowest BCUT2D eigenvalue weighted by molar-refractivity contribution is 0.0866. The van der Waals surface area contributed by atoms with Crippen molar-refractivity contribution >= 4 is 0 Å². The molecule has 0 spiro atoms. The average Bonchev–Trinajstić information content (AvgIpc) is 2.69. The summed E-state index contributed by atoms with van der Waals surface area (Å²) in [6, 6.07) is 0.547. The van der Waals surface area contributed by atoms with Gasteiger partial charge < -0.3 is 0 Å². The molecule has 1 saturated heterocycles. The zero-order valence-corrected chi connectivity index (χ0v) is 9.85. The normalized spacial score (nSPS) is 20.7. The molecule has 1 aromatic heterocycles. The molecule has 0 unspecified atom stereocenters. The predicted octanol–water partition coefficient (Wildman–Crippen LogP) is 1.71. The van der Waals surface area contributed by atoms with Gasteiger partial charge in [-0.3, -0.25) is 4.90 Å². The van der Waals surface area contributed by atoms with Crippen LogP contribution in [-0.4, -0.2) is 38.5 Å². The Morgan fingerprint density at radius 3 is 2.33 bits per heavy atom. The molecule has 0 radical (unpaired) electrons. The first-order chi connectivity index (χ1) is 7.07. The number of nitrogens with zero attached hydrogens (tertiary/aromatic N) is 4. The fourth-order valence-corrected chi connectivity index (χ4v) is 2.21. The lowest BCUT2D eigenvalue weighted by atomic mass is 9.98. The predicted molar refractivity (Wildman–Crippen MR) is 59.6 cm³/mol. The molecule has 0 aromatic carbocycles. The molecule has 15 heavy (non-hydrogen) atoms. The van der Waals surface area contributed by atoms with Gasteiger partial charge in [-0.2, -0.15) is 0 Å². The first-order valence-electron chi connectivity index (χ1n) is 5.68. The van der Waals surface area contributed by atoms with Gasteiger partial charge in [0.15, 0.2) is 0 Å². The smallest absolute Gasteiger partial charge is 0.0693 e. The molecule has 4 heteroatoms. The zero-order valence-electron chi connectivity index (χ0n) is 9.85. The molecule has 84 valence electrons. The Bertz CT molecular complexity index is 291. The highest BCUT2D eigenvalue weighted by Crippen LogP contribution is 2.25. The second-order valence-corrected chi connectivity index (χ2v) is 5.27. The van der Waals surface area contributed by atoms with Crippen LogP contribution in [0.1, 0.15) is 39.7 Å². The van der Waals surface area contributed by atoms with Crippen molar-refractivity contribution in [3.63, 3.8) is 0 Å². The fourth-order valence-electron chi connectivity index (χ4n) is 2.21. The lowest BCUT2D eigenvalue weighted by Gasteiger charge is -2.40. The molecule has 0 saturated carbocycles. The van der Waals surface area contributed by atoms with Crippen LogP contribution >= 0.6 is 0 Å². The van der Waals surface area contributed by atoms with E-state index < -0.39 is 0 Å². The number of likely N-dealkylation sites (tertiary alicyclic amines) is 1. The maximum Gasteiger partial charge on any atom is 0.0693 e. The number of rotatable bonds is 1. The van der Waals surface area contributed by atoms with E-state index in [0.717, 1.165) is 13.1 Å². The van der Waals surface area contributed by atoms with Gasteiger partial charge in [0.1, 0.15) is 0 Å². The van der Waals surface area contributed by atoms with Crippen molar-refractivity contribution in [3.8, 4) is 0 Å². The summed E-state index contributed by atoms with van der Waals surface area (Å²) < 4.78 is 2.00. The highest BCUT2D eigenvalue weighted by Gasteiger charge is 2.27. The topological polar surface area (TPSA) is 34.0 Å². The van der Waals surface area contributed by atoms with Gasteiger partial charge >= 0.3 is 0 Å². The standard InChI is InChI=1S/C11H20N4/c1-11(2,3)14-7-4-10(5-8-14)15-9-6-12-13-15/h6,9-10H,4-5,7-8H2,1-3H3. The van der Waals surface area contributed by atoms with Crippen LogP contribution in [0.4, 0.5) is 0 Å². The Balaban J connectivity index is 1.93. The average molecular weight is 208 g/mol. The minimum atomic E-state index is 0.299. The first-order valence-corrected chi connectivity index (χ1v) is 5.68. The second kappa shape index (κ2) is 3.93. The highest BCUT2D eigenvalue weighted by molar-refractivity contribution is 4.84. The minimum absolute atomic E-state index is 0.299. The van der Waals surface area contributed by atoms with E-state index in [2.05, 4.69) is 36.0 Å². The summed E-state index contributed by atoms with van der Waals surface area (Å²) in [7, 11) is 0. The van der Waals surface area contributed by atoms with Crippen LogP contribution in [0.25, 0.3) is 0 Å². The van der Waals surface area contributed by atoms with Crippen molar-refractivity contribution in [2.75, 3.05) is 13.1 Å². The molecule has 0 bridgehead atoms. The molecule has 0 amide bonds. The molecule has 1 aliphatic rings. The summed E-state index contributed by atoms with van der Waals surface area (Å²) in [4.78, 5) is 2.54. The van der Waals surface area contributed by atoms with Crippen LogP contribution in [-0.2, 0) is 0 Å². The highest BCUT2D eigenvalue weighted by atomic mass is 15.4. The fraction of sp³-hybridized carbons (Fsp3) is 0.818. The van der Waals surface area contributed by atoms with Crippen molar-refractivity contribution in [2.45, 2.75) is 45.2 Å². The summed E-state index contributed by atoms with van der Waals surface area (Å²) in [6.45, 7) is 9.16. The van der Waals surface area contributed by atoms with E-state index in [4.69, 9.17) is 0 Å². The van der Waals surface area contributed by atoms with Crippen LogP contribution in [0.3, 0.4) is 0 Å². The third-order valence-electron chi connectivity index (χ3n) is 3.23. The third kappa shape index (κ3) is 2.37. The summed E-state index contributed by atoms with van der Waals surface area (Å²) in [6.07, 6.45) is 6.09. The molecule has 0 atom stereocenters. The quantitative estimate of drug-likeness (QED) is 0.704. The van der Waals surface area contributed by atoms with Crippen molar-refractivity contribution in [2.24, 2.45) is 0 Å². The molecule has 1 fully saturated rings. The second-order valence-electron chi connectivity index (χ2n) is 5.27. The molecule has 1 aromatic rings. The van der Waals surface area contributed by atoms with Gasteiger partial charge in [0, 0.05) is 24.8 Å². The Morgan fingerprint density at radius 1 is 1.20 bits per heavy atom. The maximum absolute atomic E-state index is 4.08. The van der Waals surface area contributed by atoms with Gasteiger partial charge in [0.2, 0.25) is 0 Å². The molecule has 0 aliphatic carbocycles. The summed E-state index contributed by atoms with van der Waals surface area (Å²) in [5.41, 5.74) is 0.299. The van der Waals surface area contributed by atoms with Crippen LogP contribution in [0.15, 0.2) is 12.4 Å². The van der Waals surface area contributed by atoms with E-state index in [1.54, 1.807) is 6.20 Å². The number of aromatic nitrogens is 3. The Kier molecular flexibility index (Phi) is 2.78. The molecule has 1 aliphatic heterocycles. The number of piperidine rings is 1. The van der Waals surface area contributed by atoms with Crippen molar-refractivity contribution in [3.05, 3.63) is 12.4 Å². The van der Waals surface area contributed by atoms with Crippen molar-refractivity contribution in [1.82, 2.24) is 19.9 Å². The van der Waals surface area contributed by atoms with Crippen LogP contribution in [0.2, 0.25) is 0 Å². The lowest BCUT2D eigenvalue weighted by Crippen LogP contribution is -2.46. The van der Waals surface area contributed by atoms with Crippen molar-refractivity contribution in [1.29, 1.82) is 0 Å². The molecule has 2 heterocycles. The summed E-state index contributed by atoms with van der Waals surface area (Å²) in [5.74, 6) is 0. The van der Waals surface area contributed by atoms with Crippen LogP contribution < -0.4 is 0 Å². The molecule has 2 rings (SSSR count). The maximum atomic E-state index is 4.08. The molecule has 0 N–H and O–H groups in total. The Morgan fingerprint density at radius 2 is 1.87 bits per heavy atom. The largest absolute Gasteiger partial charge is 0.298 e. The Labute approximate surface area is 91.3 Å². The van der Waals surface area contributed by atoms with E-state index in [-0.39, 0.29) is 0 Å². The summed E-state index contributed by atoms with van der Waals surface area (Å²) >= 11 is 0. The van der Waals surface area contributed by atoms with E-state index in [0.29, 0.717) is 11.6 Å². The van der Waals surface area contributed by atoms with Crippen LogP contribution in [0, 0.1) is 0 Å². The molecule has 4 nitrogen and oxygen atoms in total. The van der Waals surface area contributed by atoms with Crippen molar-refractivity contribution < 1.29 is 0 Å². The van der Waals surface area contributed by atoms with E-state index in [1.807, 2.05) is 10.9 Å². The third-order valence-corrected chi connectivity index (χ3v) is 3.23. The van der Waals surface area contributed by atoms with Gasteiger partial charge in [-0.1, -0.05) is 5.21 Å². The van der Waals surface area contributed by atoms with Gasteiger partial charge in [0.05, 0.1) is 12.2 Å². The Hall–Kier alpha value is -0.900. The zero-order chi connectivity index (χ0) is 10.9. The van der Waals surface area contributed by atoms with E-state index >= 15 is 0 Å². The molecular formula is C11H20N4. The van der Waals surface area contributed by atoms with Gasteiger partial charge in [-0.25, -0.2) is 4.68 Å². The van der Waals surface area contributed by atoms with Gasteiger partial charge in [0.25, 0.3) is 0 Å². The van der Waals surface area contributed by atoms with Crippen LogP contribution in [0.5, 0.6) is 0 Å². The number of hydrogen-bond acceptors (Lipinski definition) is 3. The first kappa shape index (κ1) is 10.6. The van der Waals surface area contributed by atoms with Gasteiger partial charge in [-0.05, 0) is 33.6 Å². The SMILES string of the molecule is CC(C)(C)N1CCC(n2ccnn2)CC1. The summed E-state index contributed by atoms with van der Waals surface area (Å²) in [5, 5.41) is 7.94. The monoisotopic (exact) mass is 208 g/mol. The minimum Gasteiger partial charge on any atom is -0.298 e. The molecular weight excluding hydrogens is 188 g/mol. The van der Waals surface area contributed by atoms with E-state index in [1.165, 1.54) is 12.8 Å². The van der Waals surface area contributed by atoms with Gasteiger partial charge in [-0.15, -0.1) is 5.10 Å². The van der Waals surface area contributed by atoms with E-state index in [9.17, 15) is 0 Å². The number of hydrogen-bond donors (Lipinski definition) is 0.